The predicted molar refractivity (Wildman–Crippen MR) is 109 cm³/mol. The molecule has 8 heteroatoms. The van der Waals surface area contributed by atoms with Gasteiger partial charge in [-0.1, -0.05) is 61.1 Å². The van der Waals surface area contributed by atoms with E-state index in [9.17, 15) is 9.59 Å². The smallest absolute Gasteiger partial charge is 0.262 e. The van der Waals surface area contributed by atoms with Crippen molar-refractivity contribution in [1.82, 2.24) is 15.5 Å². The quantitative estimate of drug-likeness (QED) is 0.656. The van der Waals surface area contributed by atoms with Gasteiger partial charge in [0.05, 0.1) is 4.88 Å². The van der Waals surface area contributed by atoms with Crippen LogP contribution in [-0.4, -0.2) is 28.1 Å². The van der Waals surface area contributed by atoms with Crippen LogP contribution in [0.2, 0.25) is 0 Å². The summed E-state index contributed by atoms with van der Waals surface area (Å²) < 4.78 is 0. The maximum Gasteiger partial charge on any atom is 0.262 e. The van der Waals surface area contributed by atoms with E-state index in [4.69, 9.17) is 0 Å². The molecular weight excluding hydrogens is 380 g/mol. The third-order valence-electron chi connectivity index (χ3n) is 3.93. The van der Waals surface area contributed by atoms with Crippen LogP contribution in [0.1, 0.15) is 29.1 Å². The third kappa shape index (κ3) is 4.78. The van der Waals surface area contributed by atoms with Gasteiger partial charge in [0.15, 0.2) is 0 Å². The van der Waals surface area contributed by atoms with Crippen molar-refractivity contribution in [1.29, 1.82) is 0 Å². The number of benzene rings is 1. The van der Waals surface area contributed by atoms with Crippen molar-refractivity contribution < 1.29 is 9.59 Å². The first-order valence-electron chi connectivity index (χ1n) is 8.50. The van der Waals surface area contributed by atoms with Crippen LogP contribution in [0.5, 0.6) is 0 Å². The SMILES string of the molecule is Cc1ccc(-c2nnc(NC(=O)[C@H](NC(=O)c3cccs3)C(C)C)s2)cc1. The molecule has 2 N–H and O–H groups in total. The molecule has 0 bridgehead atoms. The zero-order chi connectivity index (χ0) is 19.4. The van der Waals surface area contributed by atoms with E-state index >= 15 is 0 Å². The molecule has 3 rings (SSSR count). The van der Waals surface area contributed by atoms with E-state index in [0.717, 1.165) is 16.1 Å². The van der Waals surface area contributed by atoms with Crippen molar-refractivity contribution in [3.8, 4) is 10.6 Å². The fourth-order valence-electron chi connectivity index (χ4n) is 2.42. The molecule has 0 aliphatic carbocycles. The third-order valence-corrected chi connectivity index (χ3v) is 5.69. The lowest BCUT2D eigenvalue weighted by Crippen LogP contribution is -2.46. The second kappa shape index (κ2) is 8.41. The molecule has 140 valence electrons. The van der Waals surface area contributed by atoms with Crippen LogP contribution in [0.3, 0.4) is 0 Å². The van der Waals surface area contributed by atoms with Gasteiger partial charge in [0.2, 0.25) is 11.0 Å². The van der Waals surface area contributed by atoms with Gasteiger partial charge in [-0.2, -0.15) is 0 Å². The van der Waals surface area contributed by atoms with Crippen LogP contribution in [0, 0.1) is 12.8 Å². The number of rotatable bonds is 6. The molecule has 6 nitrogen and oxygen atoms in total. The molecule has 0 unspecified atom stereocenters. The first-order valence-corrected chi connectivity index (χ1v) is 10.2. The van der Waals surface area contributed by atoms with Crippen LogP contribution < -0.4 is 10.6 Å². The highest BCUT2D eigenvalue weighted by Gasteiger charge is 2.26. The Kier molecular flexibility index (Phi) is 5.98. The molecule has 0 saturated heterocycles. The normalized spacial score (nSPS) is 12.0. The van der Waals surface area contributed by atoms with Gasteiger partial charge >= 0.3 is 0 Å². The lowest BCUT2D eigenvalue weighted by molar-refractivity contribution is -0.118. The highest BCUT2D eigenvalue weighted by molar-refractivity contribution is 7.18. The number of carbonyl (C=O) groups is 2. The number of anilines is 1. The highest BCUT2D eigenvalue weighted by Crippen LogP contribution is 2.26. The number of thiophene rings is 1. The van der Waals surface area contributed by atoms with E-state index in [-0.39, 0.29) is 17.7 Å². The van der Waals surface area contributed by atoms with Crippen molar-refractivity contribution in [3.05, 3.63) is 52.2 Å². The molecule has 27 heavy (non-hydrogen) atoms. The van der Waals surface area contributed by atoms with Crippen LogP contribution >= 0.6 is 22.7 Å². The summed E-state index contributed by atoms with van der Waals surface area (Å²) in [6.07, 6.45) is 0. The van der Waals surface area contributed by atoms with Gasteiger partial charge in [0.1, 0.15) is 11.0 Å². The summed E-state index contributed by atoms with van der Waals surface area (Å²) in [5, 5.41) is 16.7. The zero-order valence-corrected chi connectivity index (χ0v) is 16.9. The number of carbonyl (C=O) groups excluding carboxylic acids is 2. The Morgan fingerprint density at radius 1 is 1.07 bits per heavy atom. The first-order chi connectivity index (χ1) is 12.9. The van der Waals surface area contributed by atoms with Crippen LogP contribution in [0.25, 0.3) is 10.6 Å². The van der Waals surface area contributed by atoms with E-state index in [0.29, 0.717) is 10.0 Å². The highest BCUT2D eigenvalue weighted by atomic mass is 32.1. The average Bonchev–Trinajstić information content (AvgIpc) is 3.31. The van der Waals surface area contributed by atoms with Crippen LogP contribution in [0.4, 0.5) is 5.13 Å². The average molecular weight is 401 g/mol. The van der Waals surface area contributed by atoms with E-state index in [1.807, 2.05) is 50.4 Å². The molecule has 0 aliphatic heterocycles. The molecule has 1 atom stereocenters. The molecule has 0 fully saturated rings. The number of nitrogens with zero attached hydrogens (tertiary/aromatic N) is 2. The molecule has 2 amide bonds. The summed E-state index contributed by atoms with van der Waals surface area (Å²) >= 11 is 2.64. The number of amides is 2. The molecule has 1 aromatic carbocycles. The first kappa shape index (κ1) is 19.2. The van der Waals surface area contributed by atoms with Gasteiger partial charge in [0, 0.05) is 5.56 Å². The summed E-state index contributed by atoms with van der Waals surface area (Å²) in [5.74, 6) is -0.628. The Morgan fingerprint density at radius 3 is 2.44 bits per heavy atom. The van der Waals surface area contributed by atoms with Crippen molar-refractivity contribution >= 4 is 39.6 Å². The largest absolute Gasteiger partial charge is 0.339 e. The van der Waals surface area contributed by atoms with E-state index in [2.05, 4.69) is 20.8 Å². The summed E-state index contributed by atoms with van der Waals surface area (Å²) in [4.78, 5) is 25.5. The standard InChI is InChI=1S/C19H20N4O2S2/c1-11(2)15(20-16(24)14-5-4-10-26-14)17(25)21-19-23-22-18(27-19)13-8-6-12(3)7-9-13/h4-11,15H,1-3H3,(H,20,24)(H,21,23,25)/t15-/m1/s1. The molecule has 0 spiro atoms. The predicted octanol–water partition coefficient (Wildman–Crippen LogP) is 3.97. The maximum atomic E-state index is 12.7. The maximum absolute atomic E-state index is 12.7. The van der Waals surface area contributed by atoms with Gasteiger partial charge < -0.3 is 5.32 Å². The number of aryl methyl sites for hydroxylation is 1. The molecule has 0 saturated carbocycles. The van der Waals surface area contributed by atoms with Crippen molar-refractivity contribution in [2.24, 2.45) is 5.92 Å². The van der Waals surface area contributed by atoms with Gasteiger partial charge in [-0.25, -0.2) is 0 Å². The van der Waals surface area contributed by atoms with Crippen molar-refractivity contribution in [2.45, 2.75) is 26.8 Å². The minimum absolute atomic E-state index is 0.0709. The summed E-state index contributed by atoms with van der Waals surface area (Å²) in [7, 11) is 0. The molecule has 3 aromatic rings. The Morgan fingerprint density at radius 2 is 1.81 bits per heavy atom. The number of nitrogens with one attached hydrogen (secondary N) is 2. The minimum atomic E-state index is -0.661. The molecule has 0 radical (unpaired) electrons. The van der Waals surface area contributed by atoms with E-state index in [1.54, 1.807) is 12.1 Å². The van der Waals surface area contributed by atoms with Gasteiger partial charge in [-0.3, -0.25) is 14.9 Å². The Balaban J connectivity index is 1.69. The minimum Gasteiger partial charge on any atom is -0.339 e. The number of hydrogen-bond donors (Lipinski definition) is 2. The van der Waals surface area contributed by atoms with E-state index in [1.165, 1.54) is 22.7 Å². The topological polar surface area (TPSA) is 84.0 Å². The molecule has 2 heterocycles. The van der Waals surface area contributed by atoms with Gasteiger partial charge in [-0.15, -0.1) is 21.5 Å². The second-order valence-corrected chi connectivity index (χ2v) is 8.37. The summed E-state index contributed by atoms with van der Waals surface area (Å²) in [6, 6.07) is 10.8. The van der Waals surface area contributed by atoms with Gasteiger partial charge in [0.25, 0.3) is 5.91 Å². The lowest BCUT2D eigenvalue weighted by atomic mass is 10.0. The molecular formula is C19H20N4O2S2. The van der Waals surface area contributed by atoms with Gasteiger partial charge in [-0.05, 0) is 24.3 Å². The molecule has 0 aliphatic rings. The zero-order valence-electron chi connectivity index (χ0n) is 15.2. The number of hydrogen-bond acceptors (Lipinski definition) is 6. The monoisotopic (exact) mass is 400 g/mol. The van der Waals surface area contributed by atoms with E-state index < -0.39 is 6.04 Å². The fourth-order valence-corrected chi connectivity index (χ4v) is 3.80. The Bertz CT molecular complexity index is 918. The summed E-state index contributed by atoms with van der Waals surface area (Å²) in [5.41, 5.74) is 2.11. The van der Waals surface area contributed by atoms with Crippen molar-refractivity contribution in [3.63, 3.8) is 0 Å². The lowest BCUT2D eigenvalue weighted by Gasteiger charge is -2.20. The fraction of sp³-hybridized carbons (Fsp3) is 0.263. The number of aromatic nitrogens is 2. The van der Waals surface area contributed by atoms with Crippen LogP contribution in [0.15, 0.2) is 41.8 Å². The Labute approximate surface area is 165 Å². The Hall–Kier alpha value is -2.58. The van der Waals surface area contributed by atoms with Crippen molar-refractivity contribution in [2.75, 3.05) is 5.32 Å². The molecule has 2 aromatic heterocycles. The van der Waals surface area contributed by atoms with Crippen LogP contribution in [-0.2, 0) is 4.79 Å². The second-order valence-electron chi connectivity index (χ2n) is 6.44. The summed E-state index contributed by atoms with van der Waals surface area (Å²) in [6.45, 7) is 5.79.